The van der Waals surface area contributed by atoms with Crippen LogP contribution in [0.25, 0.3) is 0 Å². The van der Waals surface area contributed by atoms with Gasteiger partial charge in [-0.1, -0.05) is 35.3 Å². The quantitative estimate of drug-likeness (QED) is 0.810. The summed E-state index contributed by atoms with van der Waals surface area (Å²) in [5, 5.41) is 1.40. The number of amides is 1. The van der Waals surface area contributed by atoms with Crippen LogP contribution in [0, 0.1) is 5.92 Å². The molecule has 2 saturated heterocycles. The molecule has 0 spiro atoms. The van der Waals surface area contributed by atoms with Crippen LogP contribution in [-0.4, -0.2) is 36.5 Å². The maximum Gasteiger partial charge on any atom is 0.253 e. The van der Waals surface area contributed by atoms with Crippen LogP contribution in [0.15, 0.2) is 48.5 Å². The average Bonchev–Trinajstić information content (AvgIpc) is 3.18. The largest absolute Gasteiger partial charge is 0.338 e. The second-order valence-electron chi connectivity index (χ2n) is 7.37. The highest BCUT2D eigenvalue weighted by Gasteiger charge is 2.37. The Hall–Kier alpha value is -1.59. The average molecular weight is 404 g/mol. The van der Waals surface area contributed by atoms with Crippen molar-refractivity contribution in [1.29, 1.82) is 0 Å². The first-order chi connectivity index (χ1) is 13.1. The zero-order chi connectivity index (χ0) is 18.8. The van der Waals surface area contributed by atoms with Crippen LogP contribution in [0.2, 0.25) is 10.0 Å². The molecule has 4 nitrogen and oxygen atoms in total. The van der Waals surface area contributed by atoms with E-state index in [1.807, 2.05) is 17.0 Å². The Morgan fingerprint density at radius 2 is 1.67 bits per heavy atom. The summed E-state index contributed by atoms with van der Waals surface area (Å²) in [6.07, 6.45) is 2.14. The second-order valence-corrected chi connectivity index (χ2v) is 8.24. The maximum atomic E-state index is 12.9. The lowest BCUT2D eigenvalue weighted by Gasteiger charge is -2.37. The van der Waals surface area contributed by atoms with E-state index in [-0.39, 0.29) is 5.91 Å². The van der Waals surface area contributed by atoms with Gasteiger partial charge in [0, 0.05) is 47.2 Å². The zero-order valence-electron chi connectivity index (χ0n) is 15.0. The van der Waals surface area contributed by atoms with Crippen LogP contribution in [0.1, 0.15) is 34.7 Å². The summed E-state index contributed by atoms with van der Waals surface area (Å²) in [4.78, 5) is 14.9. The van der Waals surface area contributed by atoms with E-state index in [0.29, 0.717) is 28.5 Å². The molecule has 0 aliphatic carbocycles. The molecule has 0 radical (unpaired) electrons. The van der Waals surface area contributed by atoms with Crippen molar-refractivity contribution >= 4 is 29.1 Å². The number of halogens is 2. The van der Waals surface area contributed by atoms with Gasteiger partial charge >= 0.3 is 0 Å². The van der Waals surface area contributed by atoms with E-state index in [4.69, 9.17) is 23.2 Å². The molecular weight excluding hydrogens is 381 g/mol. The Labute approximate surface area is 169 Å². The Balaban J connectivity index is 1.48. The Bertz CT molecular complexity index is 794. The minimum Gasteiger partial charge on any atom is -0.338 e. The lowest BCUT2D eigenvalue weighted by Crippen LogP contribution is -2.48. The van der Waals surface area contributed by atoms with Crippen LogP contribution < -0.4 is 10.9 Å². The molecule has 3 unspecified atom stereocenters. The van der Waals surface area contributed by atoms with E-state index in [1.165, 1.54) is 5.56 Å². The molecule has 3 atom stereocenters. The van der Waals surface area contributed by atoms with Crippen LogP contribution in [0.5, 0.6) is 0 Å². The standard InChI is InChI=1S/C21H23Cl2N3O/c22-17-7-3-14(4-8-17)19-12-24-25-20(19)16-2-1-11-26(13-16)21(27)15-5-9-18(23)10-6-15/h3-10,16,19-20,24-25H,1-2,11-13H2. The summed E-state index contributed by atoms with van der Waals surface area (Å²) >= 11 is 12.0. The second kappa shape index (κ2) is 8.19. The van der Waals surface area contributed by atoms with Gasteiger partial charge in [0.25, 0.3) is 5.91 Å². The van der Waals surface area contributed by atoms with Gasteiger partial charge in [0.05, 0.1) is 0 Å². The van der Waals surface area contributed by atoms with Crippen molar-refractivity contribution in [3.63, 3.8) is 0 Å². The minimum absolute atomic E-state index is 0.0883. The van der Waals surface area contributed by atoms with Gasteiger partial charge in [-0.05, 0) is 60.7 Å². The fourth-order valence-corrected chi connectivity index (χ4v) is 4.51. The summed E-state index contributed by atoms with van der Waals surface area (Å²) in [6.45, 7) is 2.46. The summed E-state index contributed by atoms with van der Waals surface area (Å²) in [5.74, 6) is 0.869. The van der Waals surface area contributed by atoms with Gasteiger partial charge in [0.1, 0.15) is 0 Å². The molecule has 0 bridgehead atoms. The molecular formula is C21H23Cl2N3O. The molecule has 0 saturated carbocycles. The number of nitrogens with one attached hydrogen (secondary N) is 2. The number of benzene rings is 2. The van der Waals surface area contributed by atoms with E-state index in [9.17, 15) is 4.79 Å². The van der Waals surface area contributed by atoms with Gasteiger partial charge in [-0.3, -0.25) is 15.6 Å². The van der Waals surface area contributed by atoms with E-state index in [1.54, 1.807) is 24.3 Å². The number of hydrogen-bond donors (Lipinski definition) is 2. The van der Waals surface area contributed by atoms with Crippen molar-refractivity contribution in [3.8, 4) is 0 Å². The van der Waals surface area contributed by atoms with Gasteiger partial charge in [0.2, 0.25) is 0 Å². The van der Waals surface area contributed by atoms with E-state index in [2.05, 4.69) is 23.0 Å². The Morgan fingerprint density at radius 3 is 2.37 bits per heavy atom. The number of piperidine rings is 1. The maximum absolute atomic E-state index is 12.9. The SMILES string of the molecule is O=C(c1ccc(Cl)cc1)N1CCCC(C2NNCC2c2ccc(Cl)cc2)C1. The third-order valence-electron chi connectivity index (χ3n) is 5.67. The van der Waals surface area contributed by atoms with Gasteiger partial charge < -0.3 is 4.90 Å². The molecule has 2 aromatic carbocycles. The van der Waals surface area contributed by atoms with Gasteiger partial charge in [-0.2, -0.15) is 0 Å². The normalized spacial score (nSPS) is 25.6. The van der Waals surface area contributed by atoms with Crippen molar-refractivity contribution < 1.29 is 4.79 Å². The monoisotopic (exact) mass is 403 g/mol. The fraction of sp³-hybridized carbons (Fsp3) is 0.381. The molecule has 1 amide bonds. The van der Waals surface area contributed by atoms with Crippen molar-refractivity contribution in [2.45, 2.75) is 24.8 Å². The van der Waals surface area contributed by atoms with Crippen LogP contribution in [-0.2, 0) is 0 Å². The number of carbonyl (C=O) groups excluding carboxylic acids is 1. The van der Waals surface area contributed by atoms with Crippen molar-refractivity contribution in [3.05, 3.63) is 69.7 Å². The van der Waals surface area contributed by atoms with Crippen molar-refractivity contribution in [1.82, 2.24) is 15.8 Å². The third-order valence-corrected chi connectivity index (χ3v) is 6.17. The smallest absolute Gasteiger partial charge is 0.253 e. The predicted molar refractivity (Wildman–Crippen MR) is 109 cm³/mol. The lowest BCUT2D eigenvalue weighted by molar-refractivity contribution is 0.0644. The molecule has 2 N–H and O–H groups in total. The summed E-state index contributed by atoms with van der Waals surface area (Å²) in [6, 6.07) is 15.6. The Kier molecular flexibility index (Phi) is 5.69. The number of nitrogens with zero attached hydrogens (tertiary/aromatic N) is 1. The predicted octanol–water partition coefficient (Wildman–Crippen LogP) is 4.11. The number of carbonyl (C=O) groups is 1. The lowest BCUT2D eigenvalue weighted by atomic mass is 9.81. The molecule has 2 aromatic rings. The summed E-state index contributed by atoms with van der Waals surface area (Å²) in [5.41, 5.74) is 8.75. The Morgan fingerprint density at radius 1 is 1.00 bits per heavy atom. The number of likely N-dealkylation sites (tertiary alicyclic amines) is 1. The molecule has 4 rings (SSSR count). The first kappa shape index (κ1) is 18.8. The molecule has 2 heterocycles. The van der Waals surface area contributed by atoms with E-state index < -0.39 is 0 Å². The third kappa shape index (κ3) is 4.14. The zero-order valence-corrected chi connectivity index (χ0v) is 16.5. The molecule has 2 aliphatic rings. The number of hydrazine groups is 1. The highest BCUT2D eigenvalue weighted by atomic mass is 35.5. The van der Waals surface area contributed by atoms with E-state index >= 15 is 0 Å². The molecule has 2 aliphatic heterocycles. The highest BCUT2D eigenvalue weighted by Crippen LogP contribution is 2.32. The highest BCUT2D eigenvalue weighted by molar-refractivity contribution is 6.30. The van der Waals surface area contributed by atoms with E-state index in [0.717, 1.165) is 37.5 Å². The topological polar surface area (TPSA) is 44.4 Å². The summed E-state index contributed by atoms with van der Waals surface area (Å²) < 4.78 is 0. The van der Waals surface area contributed by atoms with Gasteiger partial charge in [-0.25, -0.2) is 0 Å². The van der Waals surface area contributed by atoms with Gasteiger partial charge in [-0.15, -0.1) is 0 Å². The number of hydrogen-bond acceptors (Lipinski definition) is 3. The molecule has 2 fully saturated rings. The van der Waals surface area contributed by atoms with Gasteiger partial charge in [0.15, 0.2) is 0 Å². The van der Waals surface area contributed by atoms with Crippen LogP contribution in [0.3, 0.4) is 0 Å². The first-order valence-electron chi connectivity index (χ1n) is 9.40. The molecule has 27 heavy (non-hydrogen) atoms. The molecule has 0 aromatic heterocycles. The van der Waals surface area contributed by atoms with Crippen LogP contribution in [0.4, 0.5) is 0 Å². The minimum atomic E-state index is 0.0883. The van der Waals surface area contributed by atoms with Crippen molar-refractivity contribution in [2.24, 2.45) is 5.92 Å². The van der Waals surface area contributed by atoms with Crippen LogP contribution >= 0.6 is 23.2 Å². The first-order valence-corrected chi connectivity index (χ1v) is 10.2. The van der Waals surface area contributed by atoms with Crippen molar-refractivity contribution in [2.75, 3.05) is 19.6 Å². The molecule has 142 valence electrons. The number of rotatable bonds is 3. The molecule has 6 heteroatoms. The fourth-order valence-electron chi connectivity index (χ4n) is 4.26. The summed E-state index contributed by atoms with van der Waals surface area (Å²) in [7, 11) is 0.